The van der Waals surface area contributed by atoms with Crippen LogP contribution in [-0.4, -0.2) is 37.2 Å². The predicted molar refractivity (Wildman–Crippen MR) is 119 cm³/mol. The van der Waals surface area contributed by atoms with Gasteiger partial charge >= 0.3 is 12.0 Å². The van der Waals surface area contributed by atoms with E-state index in [4.69, 9.17) is 21.6 Å². The molecule has 0 spiro atoms. The van der Waals surface area contributed by atoms with Crippen molar-refractivity contribution in [3.8, 4) is 12.3 Å². The summed E-state index contributed by atoms with van der Waals surface area (Å²) < 4.78 is 27.2. The second-order valence-electron chi connectivity index (χ2n) is 8.25. The maximum absolute atomic E-state index is 13.7. The predicted octanol–water partition coefficient (Wildman–Crippen LogP) is 4.30. The van der Waals surface area contributed by atoms with Crippen molar-refractivity contribution in [2.45, 2.75) is 96.0 Å². The average Bonchev–Trinajstić information content (AvgIpc) is 3.35. The van der Waals surface area contributed by atoms with E-state index in [1.54, 1.807) is 4.57 Å². The number of esters is 1. The number of imidazole rings is 1. The van der Waals surface area contributed by atoms with Crippen molar-refractivity contribution in [1.82, 2.24) is 19.5 Å². The smallest absolute Gasteiger partial charge is 0.312 e. The van der Waals surface area contributed by atoms with Gasteiger partial charge < -0.3 is 15.2 Å². The molecule has 0 bridgehead atoms. The van der Waals surface area contributed by atoms with Crippen LogP contribution in [0.1, 0.15) is 84.3 Å². The summed E-state index contributed by atoms with van der Waals surface area (Å²) in [5.74, 6) is 2.34. The van der Waals surface area contributed by atoms with Crippen LogP contribution in [0.25, 0.3) is 11.2 Å². The molecule has 0 saturated carbocycles. The number of rotatable bonds is 11. The zero-order valence-corrected chi connectivity index (χ0v) is 18.8. The second-order valence-corrected chi connectivity index (χ2v) is 8.25. The molecule has 0 radical (unpaired) electrons. The molecule has 2 aromatic heterocycles. The lowest BCUT2D eigenvalue weighted by Crippen LogP contribution is -2.40. The Bertz CT molecular complexity index is 972. The van der Waals surface area contributed by atoms with Crippen molar-refractivity contribution < 1.29 is 18.7 Å². The quantitative estimate of drug-likeness (QED) is 0.238. The average molecular weight is 446 g/mol. The Morgan fingerprint density at radius 3 is 2.72 bits per heavy atom. The third-order valence-electron chi connectivity index (χ3n) is 6.04. The van der Waals surface area contributed by atoms with Crippen LogP contribution < -0.4 is 5.73 Å². The minimum atomic E-state index is -1.08. The third-order valence-corrected chi connectivity index (χ3v) is 6.04. The van der Waals surface area contributed by atoms with E-state index in [1.165, 1.54) is 32.0 Å². The van der Waals surface area contributed by atoms with Crippen molar-refractivity contribution in [3.63, 3.8) is 0 Å². The van der Waals surface area contributed by atoms with E-state index in [0.717, 1.165) is 19.3 Å². The van der Waals surface area contributed by atoms with Gasteiger partial charge in [0.1, 0.15) is 12.3 Å². The van der Waals surface area contributed by atoms with Crippen LogP contribution >= 0.6 is 0 Å². The Kier molecular flexibility index (Phi) is 8.02. The molecule has 2 N–H and O–H groups in total. The van der Waals surface area contributed by atoms with E-state index in [0.29, 0.717) is 19.3 Å². The highest BCUT2D eigenvalue weighted by Crippen LogP contribution is 2.41. The van der Waals surface area contributed by atoms with Crippen molar-refractivity contribution in [2.24, 2.45) is 0 Å². The first-order valence-electron chi connectivity index (χ1n) is 11.4. The number of hydrogen-bond donors (Lipinski definition) is 1. The lowest BCUT2D eigenvalue weighted by molar-refractivity contribution is -0.156. The number of nitrogens with two attached hydrogens (primary N) is 1. The number of halogens is 1. The number of anilines is 1. The van der Waals surface area contributed by atoms with Gasteiger partial charge in [0, 0.05) is 12.8 Å². The van der Waals surface area contributed by atoms with Gasteiger partial charge in [-0.25, -0.2) is 4.98 Å². The Morgan fingerprint density at radius 1 is 1.31 bits per heavy atom. The molecule has 1 fully saturated rings. The first-order chi connectivity index (χ1) is 15.4. The van der Waals surface area contributed by atoms with Gasteiger partial charge in [0.2, 0.25) is 0 Å². The summed E-state index contributed by atoms with van der Waals surface area (Å²) in [5, 5.41) is 0. The third kappa shape index (κ3) is 5.18. The van der Waals surface area contributed by atoms with Gasteiger partial charge in [-0.3, -0.25) is 9.36 Å². The summed E-state index contributed by atoms with van der Waals surface area (Å²) in [7, 11) is 0. The summed E-state index contributed by atoms with van der Waals surface area (Å²) in [5.41, 5.74) is 5.16. The molecule has 9 heteroatoms. The molecule has 32 heavy (non-hydrogen) atoms. The van der Waals surface area contributed by atoms with E-state index in [9.17, 15) is 9.18 Å². The van der Waals surface area contributed by atoms with Gasteiger partial charge in [0.15, 0.2) is 22.6 Å². The molecule has 3 rings (SSSR count). The monoisotopic (exact) mass is 445 g/mol. The topological polar surface area (TPSA) is 105 Å². The Labute approximate surface area is 188 Å². The normalized spacial score (nSPS) is 22.8. The van der Waals surface area contributed by atoms with Crippen LogP contribution in [-0.2, 0) is 14.3 Å². The van der Waals surface area contributed by atoms with Crippen LogP contribution in [0.3, 0.4) is 0 Å². The number of fused-ring (bicyclic) bond motifs is 1. The van der Waals surface area contributed by atoms with E-state index in [1.807, 2.05) is 6.92 Å². The van der Waals surface area contributed by atoms with E-state index < -0.39 is 24.0 Å². The van der Waals surface area contributed by atoms with Crippen molar-refractivity contribution in [2.75, 3.05) is 5.73 Å². The lowest BCUT2D eigenvalue weighted by Gasteiger charge is -2.27. The van der Waals surface area contributed by atoms with Crippen LogP contribution in [0.5, 0.6) is 0 Å². The highest BCUT2D eigenvalue weighted by molar-refractivity contribution is 5.81. The summed E-state index contributed by atoms with van der Waals surface area (Å²) in [4.78, 5) is 24.0. The highest BCUT2D eigenvalue weighted by atomic mass is 19.1. The fourth-order valence-corrected chi connectivity index (χ4v) is 4.16. The Hall–Kier alpha value is -2.73. The SMILES string of the molecule is C#C[C@]1(CC)O[C@@H](n2cnc3c(N)nc(F)nc32)C[C@@H]1OC(=O)CCCCCCCCC. The van der Waals surface area contributed by atoms with Crippen molar-refractivity contribution >= 4 is 23.0 Å². The molecule has 0 aromatic carbocycles. The molecule has 1 aliphatic rings. The number of unbranched alkanes of at least 4 members (excludes halogenated alkanes) is 6. The lowest BCUT2D eigenvalue weighted by atomic mass is 9.94. The van der Waals surface area contributed by atoms with E-state index >= 15 is 0 Å². The molecule has 0 aliphatic carbocycles. The van der Waals surface area contributed by atoms with Crippen LogP contribution in [0, 0.1) is 18.4 Å². The maximum Gasteiger partial charge on any atom is 0.312 e. The molecule has 174 valence electrons. The summed E-state index contributed by atoms with van der Waals surface area (Å²) >= 11 is 0. The van der Waals surface area contributed by atoms with Crippen molar-refractivity contribution in [3.05, 3.63) is 12.4 Å². The molecule has 2 aromatic rings. The summed E-state index contributed by atoms with van der Waals surface area (Å²) in [6.45, 7) is 4.07. The van der Waals surface area contributed by atoms with Crippen molar-refractivity contribution in [1.29, 1.82) is 0 Å². The zero-order valence-electron chi connectivity index (χ0n) is 18.8. The molecule has 0 amide bonds. The number of carbonyl (C=O) groups excluding carboxylic acids is 1. The highest BCUT2D eigenvalue weighted by Gasteiger charge is 2.50. The number of hydrogen-bond acceptors (Lipinski definition) is 7. The minimum absolute atomic E-state index is 0.0550. The van der Waals surface area contributed by atoms with Gasteiger partial charge in [-0.2, -0.15) is 14.4 Å². The molecule has 8 nitrogen and oxygen atoms in total. The van der Waals surface area contributed by atoms with Crippen LogP contribution in [0.15, 0.2) is 6.33 Å². The molecule has 0 unspecified atom stereocenters. The Balaban J connectivity index is 1.64. The second kappa shape index (κ2) is 10.7. The summed E-state index contributed by atoms with van der Waals surface area (Å²) in [6, 6.07) is 0. The largest absolute Gasteiger partial charge is 0.458 e. The van der Waals surface area contributed by atoms with Gasteiger partial charge in [-0.1, -0.05) is 58.3 Å². The standard InChI is InChI=1S/C23H32FN5O3/c1-4-7-8-9-10-11-12-13-18(30)31-16-14-17(32-23(16,5-2)6-3)29-15-26-19-20(25)27-22(24)28-21(19)29/h2,15-17H,4,6-14H2,1,3H3,(H2,25,27,28)/t16-,17+,23+/m0/s1. The van der Waals surface area contributed by atoms with Crippen LogP contribution in [0.2, 0.25) is 0 Å². The fraction of sp³-hybridized carbons (Fsp3) is 0.652. The molecule has 3 atom stereocenters. The Morgan fingerprint density at radius 2 is 2.03 bits per heavy atom. The molecule has 1 saturated heterocycles. The van der Waals surface area contributed by atoms with Gasteiger partial charge in [0.25, 0.3) is 0 Å². The first kappa shape index (κ1) is 23.9. The number of carbonyl (C=O) groups is 1. The maximum atomic E-state index is 13.7. The summed E-state index contributed by atoms with van der Waals surface area (Å²) in [6.07, 6.45) is 14.0. The number of nitrogens with zero attached hydrogens (tertiary/aromatic N) is 4. The number of aromatic nitrogens is 4. The molecule has 1 aliphatic heterocycles. The molecular weight excluding hydrogens is 413 g/mol. The van der Waals surface area contributed by atoms with E-state index in [-0.39, 0.29) is 23.0 Å². The number of terminal acetylenes is 1. The first-order valence-corrected chi connectivity index (χ1v) is 11.4. The fourth-order valence-electron chi connectivity index (χ4n) is 4.16. The molecule has 3 heterocycles. The number of ether oxygens (including phenoxy) is 2. The van der Waals surface area contributed by atoms with Gasteiger partial charge in [0.05, 0.1) is 6.33 Å². The van der Waals surface area contributed by atoms with Gasteiger partial charge in [-0.05, 0) is 12.8 Å². The zero-order chi connectivity index (χ0) is 23.1. The minimum Gasteiger partial charge on any atom is -0.458 e. The number of nitrogen functional groups attached to an aromatic ring is 1. The van der Waals surface area contributed by atoms with E-state index in [2.05, 4.69) is 27.8 Å². The van der Waals surface area contributed by atoms with Gasteiger partial charge in [-0.15, -0.1) is 6.42 Å². The van der Waals surface area contributed by atoms with Crippen LogP contribution in [0.4, 0.5) is 10.2 Å². The molecular formula is C23H32FN5O3.